The largest absolute Gasteiger partial charge is 0.496 e. The topological polar surface area (TPSA) is 72.5 Å². The first kappa shape index (κ1) is 19.5. The molecule has 27 heavy (non-hydrogen) atoms. The molecule has 1 aliphatic rings. The maximum Gasteiger partial charge on any atom is 0.275 e. The van der Waals surface area contributed by atoms with E-state index >= 15 is 0 Å². The Morgan fingerprint density at radius 3 is 2.78 bits per heavy atom. The average molecular weight is 373 g/mol. The SMILES string of the molecule is COc1ccccc1CNC(=O)C[NH2+]C[C@@H](c1ccco1)[NH+]1CCCCC1. The molecule has 4 N–H and O–H groups in total. The summed E-state index contributed by atoms with van der Waals surface area (Å²) in [6.07, 6.45) is 5.60. The lowest BCUT2D eigenvalue weighted by Gasteiger charge is -2.29. The summed E-state index contributed by atoms with van der Waals surface area (Å²) in [5, 5.41) is 5.07. The molecule has 0 radical (unpaired) electrons. The Bertz CT molecular complexity index is 696. The second kappa shape index (κ2) is 10.1. The van der Waals surface area contributed by atoms with Crippen molar-refractivity contribution < 1.29 is 24.2 Å². The molecule has 1 fully saturated rings. The molecule has 0 saturated carbocycles. The van der Waals surface area contributed by atoms with Crippen LogP contribution < -0.4 is 20.3 Å². The van der Waals surface area contributed by atoms with Gasteiger partial charge in [0.2, 0.25) is 0 Å². The van der Waals surface area contributed by atoms with Gasteiger partial charge >= 0.3 is 0 Å². The van der Waals surface area contributed by atoms with E-state index in [1.165, 1.54) is 32.4 Å². The summed E-state index contributed by atoms with van der Waals surface area (Å²) < 4.78 is 11.0. The van der Waals surface area contributed by atoms with Crippen molar-refractivity contribution in [3.8, 4) is 5.75 Å². The lowest BCUT2D eigenvalue weighted by atomic mass is 10.1. The number of nitrogens with one attached hydrogen (secondary N) is 2. The van der Waals surface area contributed by atoms with E-state index in [9.17, 15) is 4.79 Å². The fourth-order valence-corrected chi connectivity index (χ4v) is 3.82. The molecule has 2 aromatic rings. The molecule has 1 atom stereocenters. The molecular formula is C21H31N3O3+2. The van der Waals surface area contributed by atoms with E-state index in [2.05, 4.69) is 16.7 Å². The first-order valence-corrected chi connectivity index (χ1v) is 9.86. The quantitative estimate of drug-likeness (QED) is 0.591. The third-order valence-corrected chi connectivity index (χ3v) is 5.28. The fourth-order valence-electron chi connectivity index (χ4n) is 3.82. The van der Waals surface area contributed by atoms with Crippen LogP contribution in [0.25, 0.3) is 0 Å². The molecule has 1 aromatic carbocycles. The molecule has 0 spiro atoms. The smallest absolute Gasteiger partial charge is 0.275 e. The Morgan fingerprint density at radius 1 is 1.22 bits per heavy atom. The molecule has 6 nitrogen and oxygen atoms in total. The van der Waals surface area contributed by atoms with Gasteiger partial charge in [0.15, 0.2) is 18.3 Å². The monoisotopic (exact) mass is 373 g/mol. The number of rotatable bonds is 9. The summed E-state index contributed by atoms with van der Waals surface area (Å²) in [5.74, 6) is 1.86. The van der Waals surface area contributed by atoms with E-state index in [-0.39, 0.29) is 5.91 Å². The number of quaternary nitrogens is 2. The van der Waals surface area contributed by atoms with Gasteiger partial charge in [-0.25, -0.2) is 0 Å². The molecule has 2 heterocycles. The lowest BCUT2D eigenvalue weighted by Crippen LogP contribution is -3.15. The van der Waals surface area contributed by atoms with Gasteiger partial charge < -0.3 is 24.7 Å². The number of ether oxygens (including phenoxy) is 1. The Labute approximate surface area is 160 Å². The minimum atomic E-state index is 0.0349. The summed E-state index contributed by atoms with van der Waals surface area (Å²) in [7, 11) is 1.64. The third-order valence-electron chi connectivity index (χ3n) is 5.28. The standard InChI is InChI=1S/C21H29N3O3/c1-26-19-9-4-3-8-17(19)14-23-21(25)16-22-15-18(20-10-7-13-27-20)24-11-5-2-6-12-24/h3-4,7-10,13,18,22H,2,5-6,11-12,14-16H2,1H3,(H,23,25)/p+2/t18-/m0/s1. The van der Waals surface area contributed by atoms with Crippen molar-refractivity contribution in [1.29, 1.82) is 0 Å². The molecule has 1 amide bonds. The molecule has 0 unspecified atom stereocenters. The summed E-state index contributed by atoms with van der Waals surface area (Å²) in [5.41, 5.74) is 0.986. The van der Waals surface area contributed by atoms with Crippen LogP contribution in [-0.2, 0) is 11.3 Å². The van der Waals surface area contributed by atoms with Crippen molar-refractivity contribution in [2.24, 2.45) is 0 Å². The van der Waals surface area contributed by atoms with Gasteiger partial charge in [0.25, 0.3) is 5.91 Å². The number of benzene rings is 1. The zero-order valence-electron chi connectivity index (χ0n) is 16.1. The van der Waals surface area contributed by atoms with Crippen LogP contribution in [0.3, 0.4) is 0 Å². The molecule has 146 valence electrons. The minimum Gasteiger partial charge on any atom is -0.496 e. The molecular weight excluding hydrogens is 342 g/mol. The number of amides is 1. The summed E-state index contributed by atoms with van der Waals surface area (Å²) in [6, 6.07) is 12.1. The van der Waals surface area contributed by atoms with Gasteiger partial charge in [0, 0.05) is 12.1 Å². The van der Waals surface area contributed by atoms with Crippen LogP contribution in [0.2, 0.25) is 0 Å². The van der Waals surface area contributed by atoms with E-state index in [0.29, 0.717) is 19.1 Å². The summed E-state index contributed by atoms with van der Waals surface area (Å²) >= 11 is 0. The number of piperidine rings is 1. The summed E-state index contributed by atoms with van der Waals surface area (Å²) in [4.78, 5) is 13.8. The van der Waals surface area contributed by atoms with Crippen LogP contribution in [0.4, 0.5) is 0 Å². The first-order valence-electron chi connectivity index (χ1n) is 9.86. The predicted octanol–water partition coefficient (Wildman–Crippen LogP) is 0.278. The maximum absolute atomic E-state index is 12.2. The van der Waals surface area contributed by atoms with Crippen LogP contribution in [0.15, 0.2) is 47.1 Å². The number of furan rings is 1. The normalized spacial score (nSPS) is 16.0. The summed E-state index contributed by atoms with van der Waals surface area (Å²) in [6.45, 7) is 4.11. The second-order valence-electron chi connectivity index (χ2n) is 7.10. The van der Waals surface area contributed by atoms with Crippen molar-refractivity contribution in [3.63, 3.8) is 0 Å². The molecule has 0 aliphatic carbocycles. The van der Waals surface area contributed by atoms with Crippen LogP contribution in [-0.4, -0.2) is 39.2 Å². The number of likely N-dealkylation sites (tertiary alicyclic amines) is 1. The van der Waals surface area contributed by atoms with Crippen molar-refractivity contribution in [2.75, 3.05) is 33.3 Å². The van der Waals surface area contributed by atoms with Gasteiger partial charge in [-0.2, -0.15) is 0 Å². The average Bonchev–Trinajstić information content (AvgIpc) is 3.25. The molecule has 1 saturated heterocycles. The van der Waals surface area contributed by atoms with Gasteiger partial charge in [-0.15, -0.1) is 0 Å². The molecule has 3 rings (SSSR count). The number of carbonyl (C=O) groups excluding carboxylic acids is 1. The molecule has 6 heteroatoms. The number of methoxy groups -OCH3 is 1. The Hall–Kier alpha value is -2.31. The number of nitrogens with two attached hydrogens (primary N) is 1. The van der Waals surface area contributed by atoms with E-state index in [0.717, 1.165) is 23.6 Å². The number of para-hydroxylation sites is 1. The highest BCUT2D eigenvalue weighted by Gasteiger charge is 2.29. The van der Waals surface area contributed by atoms with Gasteiger partial charge in [-0.1, -0.05) is 18.2 Å². The lowest BCUT2D eigenvalue weighted by molar-refractivity contribution is -0.949. The predicted molar refractivity (Wildman–Crippen MR) is 102 cm³/mol. The molecule has 1 aromatic heterocycles. The van der Waals surface area contributed by atoms with Crippen LogP contribution in [0.5, 0.6) is 5.75 Å². The van der Waals surface area contributed by atoms with Crippen molar-refractivity contribution >= 4 is 5.91 Å². The van der Waals surface area contributed by atoms with Crippen molar-refractivity contribution in [1.82, 2.24) is 5.32 Å². The van der Waals surface area contributed by atoms with Gasteiger partial charge in [-0.05, 0) is 37.5 Å². The van der Waals surface area contributed by atoms with Gasteiger partial charge in [0.1, 0.15) is 12.3 Å². The maximum atomic E-state index is 12.2. The van der Waals surface area contributed by atoms with Gasteiger partial charge in [-0.3, -0.25) is 4.79 Å². The Balaban J connectivity index is 1.47. The van der Waals surface area contributed by atoms with Crippen LogP contribution in [0, 0.1) is 0 Å². The zero-order chi connectivity index (χ0) is 18.9. The number of carbonyl (C=O) groups is 1. The highest BCUT2D eigenvalue weighted by Crippen LogP contribution is 2.16. The number of hydrogen-bond donors (Lipinski definition) is 3. The Kier molecular flexibility index (Phi) is 7.30. The van der Waals surface area contributed by atoms with Gasteiger partial charge in [0.05, 0.1) is 26.5 Å². The molecule has 1 aliphatic heterocycles. The second-order valence-corrected chi connectivity index (χ2v) is 7.10. The zero-order valence-corrected chi connectivity index (χ0v) is 16.1. The van der Waals surface area contributed by atoms with Crippen molar-refractivity contribution in [2.45, 2.75) is 31.8 Å². The van der Waals surface area contributed by atoms with E-state index < -0.39 is 0 Å². The van der Waals surface area contributed by atoms with Crippen LogP contribution >= 0.6 is 0 Å². The van der Waals surface area contributed by atoms with E-state index in [1.54, 1.807) is 18.3 Å². The Morgan fingerprint density at radius 2 is 2.04 bits per heavy atom. The van der Waals surface area contributed by atoms with Crippen LogP contribution in [0.1, 0.15) is 36.6 Å². The van der Waals surface area contributed by atoms with Crippen molar-refractivity contribution in [3.05, 3.63) is 54.0 Å². The first-order chi connectivity index (χ1) is 13.3. The van der Waals surface area contributed by atoms with E-state index in [4.69, 9.17) is 9.15 Å². The third kappa shape index (κ3) is 5.58. The highest BCUT2D eigenvalue weighted by atomic mass is 16.5. The number of hydrogen-bond acceptors (Lipinski definition) is 3. The molecule has 0 bridgehead atoms. The fraction of sp³-hybridized carbons (Fsp3) is 0.476. The van der Waals surface area contributed by atoms with E-state index in [1.807, 2.05) is 30.3 Å². The highest BCUT2D eigenvalue weighted by molar-refractivity contribution is 5.76. The minimum absolute atomic E-state index is 0.0349.